The van der Waals surface area contributed by atoms with Gasteiger partial charge in [0.25, 0.3) is 5.91 Å². The van der Waals surface area contributed by atoms with Crippen LogP contribution in [0.1, 0.15) is 47.7 Å². The van der Waals surface area contributed by atoms with Gasteiger partial charge in [0.15, 0.2) is 5.82 Å². The van der Waals surface area contributed by atoms with E-state index in [4.69, 9.17) is 10.5 Å². The van der Waals surface area contributed by atoms with Crippen molar-refractivity contribution in [3.8, 4) is 22.6 Å². The number of carbonyl (C=O) groups is 1. The number of fused-ring (bicyclic) bond motifs is 1. The molecular weight excluding hydrogens is 452 g/mol. The quantitative estimate of drug-likeness (QED) is 0.376. The Morgan fingerprint density at radius 1 is 1.08 bits per heavy atom. The van der Waals surface area contributed by atoms with Crippen LogP contribution < -0.4 is 15.8 Å². The van der Waals surface area contributed by atoms with Crippen molar-refractivity contribution in [3.05, 3.63) is 72.2 Å². The maximum absolute atomic E-state index is 13.7. The highest BCUT2D eigenvalue weighted by Crippen LogP contribution is 2.43. The number of likely N-dealkylation sites (N-methyl/N-ethyl adjacent to an activating group) is 1. The van der Waals surface area contributed by atoms with Crippen LogP contribution in [-0.4, -0.2) is 52.6 Å². The van der Waals surface area contributed by atoms with Gasteiger partial charge in [-0.1, -0.05) is 43.2 Å². The first-order valence-electron chi connectivity index (χ1n) is 12.4. The van der Waals surface area contributed by atoms with Gasteiger partial charge in [-0.2, -0.15) is 5.10 Å². The number of rotatable bonds is 8. The van der Waals surface area contributed by atoms with E-state index in [0.717, 1.165) is 54.8 Å². The van der Waals surface area contributed by atoms with Crippen molar-refractivity contribution in [1.82, 2.24) is 24.8 Å². The average Bonchev–Trinajstić information content (AvgIpc) is 3.52. The van der Waals surface area contributed by atoms with Crippen LogP contribution in [0.4, 0.5) is 5.82 Å². The molecule has 2 aromatic heterocycles. The largest absolute Gasteiger partial charge is 0.457 e. The Morgan fingerprint density at radius 2 is 1.78 bits per heavy atom. The SMILES string of the molecule is CN(C)CCNC(=O)c1c(-c2ccc(Oc3ccccc3)cc2)c2c(N)ncnn2c1C1CCCC1. The molecule has 0 atom stereocenters. The zero-order valence-electron chi connectivity index (χ0n) is 20.8. The van der Waals surface area contributed by atoms with Gasteiger partial charge in [0.2, 0.25) is 0 Å². The minimum Gasteiger partial charge on any atom is -0.457 e. The lowest BCUT2D eigenvalue weighted by Crippen LogP contribution is -2.32. The van der Waals surface area contributed by atoms with Crippen LogP contribution in [-0.2, 0) is 0 Å². The van der Waals surface area contributed by atoms with Crippen molar-refractivity contribution in [1.29, 1.82) is 0 Å². The van der Waals surface area contributed by atoms with Crippen LogP contribution in [0.15, 0.2) is 60.9 Å². The van der Waals surface area contributed by atoms with Gasteiger partial charge in [-0.25, -0.2) is 9.50 Å². The molecule has 1 amide bonds. The number of nitrogens with one attached hydrogen (secondary N) is 1. The first-order chi connectivity index (χ1) is 17.5. The van der Waals surface area contributed by atoms with Crippen LogP contribution in [0.25, 0.3) is 16.6 Å². The number of para-hydroxylation sites is 1. The van der Waals surface area contributed by atoms with E-state index in [1.165, 1.54) is 6.33 Å². The van der Waals surface area contributed by atoms with Gasteiger partial charge in [-0.3, -0.25) is 4.79 Å². The van der Waals surface area contributed by atoms with Crippen LogP contribution >= 0.6 is 0 Å². The highest BCUT2D eigenvalue weighted by molar-refractivity contribution is 6.08. The number of nitrogens with two attached hydrogens (primary N) is 1. The maximum Gasteiger partial charge on any atom is 0.253 e. The number of amides is 1. The van der Waals surface area contributed by atoms with Gasteiger partial charge in [-0.15, -0.1) is 0 Å². The van der Waals surface area contributed by atoms with Gasteiger partial charge in [0, 0.05) is 24.6 Å². The second-order valence-electron chi connectivity index (χ2n) is 9.52. The lowest BCUT2D eigenvalue weighted by Gasteiger charge is -2.15. The van der Waals surface area contributed by atoms with E-state index >= 15 is 0 Å². The van der Waals surface area contributed by atoms with Gasteiger partial charge >= 0.3 is 0 Å². The first kappa shape index (κ1) is 23.8. The number of hydrogen-bond acceptors (Lipinski definition) is 6. The van der Waals surface area contributed by atoms with Crippen molar-refractivity contribution in [3.63, 3.8) is 0 Å². The summed E-state index contributed by atoms with van der Waals surface area (Å²) in [6.45, 7) is 1.30. The average molecular weight is 485 g/mol. The second kappa shape index (κ2) is 10.4. The number of ether oxygens (including phenoxy) is 1. The summed E-state index contributed by atoms with van der Waals surface area (Å²) in [6.07, 6.45) is 5.80. The van der Waals surface area contributed by atoms with Crippen LogP contribution in [0, 0.1) is 0 Å². The number of benzene rings is 2. The fourth-order valence-corrected chi connectivity index (χ4v) is 5.02. The van der Waals surface area contributed by atoms with E-state index in [-0.39, 0.29) is 11.8 Å². The molecule has 0 aliphatic heterocycles. The summed E-state index contributed by atoms with van der Waals surface area (Å²) in [4.78, 5) is 20.1. The molecule has 1 fully saturated rings. The lowest BCUT2D eigenvalue weighted by molar-refractivity contribution is 0.0950. The summed E-state index contributed by atoms with van der Waals surface area (Å²) in [6, 6.07) is 17.4. The van der Waals surface area contributed by atoms with E-state index < -0.39 is 0 Å². The van der Waals surface area contributed by atoms with Gasteiger partial charge < -0.3 is 20.7 Å². The summed E-state index contributed by atoms with van der Waals surface area (Å²) < 4.78 is 7.83. The number of hydrogen-bond donors (Lipinski definition) is 2. The third kappa shape index (κ3) is 4.77. The Morgan fingerprint density at radius 3 is 2.47 bits per heavy atom. The molecule has 0 spiro atoms. The Balaban J connectivity index is 1.61. The first-order valence-corrected chi connectivity index (χ1v) is 12.4. The topological polar surface area (TPSA) is 97.8 Å². The molecule has 8 heteroatoms. The summed E-state index contributed by atoms with van der Waals surface area (Å²) in [5.74, 6) is 1.97. The van der Waals surface area contributed by atoms with E-state index in [0.29, 0.717) is 29.2 Å². The Labute approximate surface area is 211 Å². The van der Waals surface area contributed by atoms with Crippen LogP contribution in [0.3, 0.4) is 0 Å². The summed E-state index contributed by atoms with van der Waals surface area (Å²) in [7, 11) is 3.98. The van der Waals surface area contributed by atoms with Crippen molar-refractivity contribution >= 4 is 17.2 Å². The molecule has 3 N–H and O–H groups in total. The Hall–Kier alpha value is -3.91. The molecule has 186 valence electrons. The number of carbonyl (C=O) groups excluding carboxylic acids is 1. The van der Waals surface area contributed by atoms with E-state index in [9.17, 15) is 4.79 Å². The molecule has 0 unspecified atom stereocenters. The van der Waals surface area contributed by atoms with Crippen molar-refractivity contribution in [2.24, 2.45) is 0 Å². The van der Waals surface area contributed by atoms with Gasteiger partial charge in [0.1, 0.15) is 23.3 Å². The number of nitrogen functional groups attached to an aromatic ring is 1. The smallest absolute Gasteiger partial charge is 0.253 e. The van der Waals surface area contributed by atoms with Gasteiger partial charge in [0.05, 0.1) is 11.3 Å². The summed E-state index contributed by atoms with van der Waals surface area (Å²) >= 11 is 0. The maximum atomic E-state index is 13.7. The predicted molar refractivity (Wildman–Crippen MR) is 141 cm³/mol. The van der Waals surface area contributed by atoms with Crippen molar-refractivity contribution < 1.29 is 9.53 Å². The molecular formula is C28H32N6O2. The van der Waals surface area contributed by atoms with Gasteiger partial charge in [-0.05, 0) is 56.8 Å². The fourth-order valence-electron chi connectivity index (χ4n) is 5.02. The monoisotopic (exact) mass is 484 g/mol. The number of nitrogens with zero attached hydrogens (tertiary/aromatic N) is 4. The second-order valence-corrected chi connectivity index (χ2v) is 9.52. The molecule has 0 bridgehead atoms. The molecule has 2 aromatic carbocycles. The molecule has 1 aliphatic carbocycles. The number of anilines is 1. The third-order valence-electron chi connectivity index (χ3n) is 6.72. The fraction of sp³-hybridized carbons (Fsp3) is 0.321. The zero-order valence-corrected chi connectivity index (χ0v) is 20.8. The molecule has 1 saturated carbocycles. The molecule has 8 nitrogen and oxygen atoms in total. The van der Waals surface area contributed by atoms with E-state index in [2.05, 4.69) is 15.4 Å². The Kier molecular flexibility index (Phi) is 6.86. The van der Waals surface area contributed by atoms with Crippen LogP contribution in [0.5, 0.6) is 11.5 Å². The third-order valence-corrected chi connectivity index (χ3v) is 6.72. The summed E-state index contributed by atoms with van der Waals surface area (Å²) in [5.41, 5.74) is 10.3. The van der Waals surface area contributed by atoms with Crippen LogP contribution in [0.2, 0.25) is 0 Å². The molecule has 0 saturated heterocycles. The summed E-state index contributed by atoms with van der Waals surface area (Å²) in [5, 5.41) is 7.69. The minimum absolute atomic E-state index is 0.108. The lowest BCUT2D eigenvalue weighted by atomic mass is 9.94. The Bertz CT molecular complexity index is 1340. The molecule has 1 aliphatic rings. The predicted octanol–water partition coefficient (Wildman–Crippen LogP) is 4.72. The standard InChI is InChI=1S/C28H32N6O2/c1-33(2)17-16-30-28(35)24-23(19-12-14-22(15-13-19)36-21-10-4-3-5-11-21)26-27(29)31-18-32-34(26)25(24)20-8-6-7-9-20/h3-5,10-15,18,20H,6-9,16-17H2,1-2H3,(H,30,35)(H2,29,31,32). The normalized spacial score (nSPS) is 14.0. The minimum atomic E-state index is -0.108. The van der Waals surface area contributed by atoms with E-state index in [1.54, 1.807) is 0 Å². The highest BCUT2D eigenvalue weighted by atomic mass is 16.5. The zero-order chi connectivity index (χ0) is 25.1. The molecule has 2 heterocycles. The molecule has 5 rings (SSSR count). The van der Waals surface area contributed by atoms with Crippen molar-refractivity contribution in [2.75, 3.05) is 32.9 Å². The molecule has 4 aromatic rings. The highest BCUT2D eigenvalue weighted by Gasteiger charge is 2.32. The van der Waals surface area contributed by atoms with Crippen molar-refractivity contribution in [2.45, 2.75) is 31.6 Å². The molecule has 36 heavy (non-hydrogen) atoms. The number of aromatic nitrogens is 3. The van der Waals surface area contributed by atoms with E-state index in [1.807, 2.05) is 78.1 Å². The molecule has 0 radical (unpaired) electrons.